The molecule has 1 N–H and O–H groups in total. The second-order valence-electron chi connectivity index (χ2n) is 6.63. The zero-order chi connectivity index (χ0) is 19.6. The molecule has 3 aromatic carbocycles. The molecule has 0 saturated heterocycles. The number of hydrogen-bond donors (Lipinski definition) is 1. The van der Waals surface area contributed by atoms with Gasteiger partial charge in [-0.3, -0.25) is 0 Å². The highest BCUT2D eigenvalue weighted by Crippen LogP contribution is 2.23. The summed E-state index contributed by atoms with van der Waals surface area (Å²) >= 11 is 0. The molecular formula is C24H26N2O2. The molecular weight excluding hydrogens is 348 g/mol. The molecule has 0 fully saturated rings. The lowest BCUT2D eigenvalue weighted by atomic mass is 10.2. The molecule has 0 unspecified atom stereocenters. The Morgan fingerprint density at radius 1 is 0.857 bits per heavy atom. The molecule has 0 heterocycles. The van der Waals surface area contributed by atoms with Crippen LogP contribution < -0.4 is 10.1 Å². The molecule has 0 radical (unpaired) electrons. The van der Waals surface area contributed by atoms with E-state index in [0.717, 1.165) is 42.1 Å². The van der Waals surface area contributed by atoms with Crippen molar-refractivity contribution in [2.45, 2.75) is 26.3 Å². The minimum atomic E-state index is -0.0889. The molecule has 0 saturated carbocycles. The fraction of sp³-hybridized carbons (Fsp3) is 0.208. The van der Waals surface area contributed by atoms with Crippen molar-refractivity contribution in [3.8, 4) is 11.5 Å². The predicted octanol–water partition coefficient (Wildman–Crippen LogP) is 6.31. The van der Waals surface area contributed by atoms with Gasteiger partial charge in [-0.2, -0.15) is 0 Å². The zero-order valence-electron chi connectivity index (χ0n) is 16.2. The first-order valence-electron chi connectivity index (χ1n) is 9.67. The molecule has 4 heteroatoms. The molecule has 4 nitrogen and oxygen atoms in total. The van der Waals surface area contributed by atoms with E-state index >= 15 is 0 Å². The van der Waals surface area contributed by atoms with Crippen molar-refractivity contribution >= 4 is 11.7 Å². The molecule has 0 spiro atoms. The Bertz CT molecular complexity index is 849. The van der Waals surface area contributed by atoms with Crippen molar-refractivity contribution in [2.75, 3.05) is 11.9 Å². The number of ether oxygens (including phenoxy) is 1. The summed E-state index contributed by atoms with van der Waals surface area (Å²) in [4.78, 5) is 14.6. The number of nitrogens with zero attached hydrogens (tertiary/aromatic N) is 1. The number of hydrogen-bond acceptors (Lipinski definition) is 2. The number of unbranched alkanes of at least 4 members (excludes halogenated alkanes) is 1. The lowest BCUT2D eigenvalue weighted by Crippen LogP contribution is -2.35. The monoisotopic (exact) mass is 374 g/mol. The van der Waals surface area contributed by atoms with E-state index in [1.165, 1.54) is 0 Å². The first kappa shape index (κ1) is 19.5. The lowest BCUT2D eigenvalue weighted by Gasteiger charge is -2.23. The summed E-state index contributed by atoms with van der Waals surface area (Å²) in [5.74, 6) is 1.52. The smallest absolute Gasteiger partial charge is 0.322 e. The van der Waals surface area contributed by atoms with Gasteiger partial charge in [-0.1, -0.05) is 61.9 Å². The molecule has 2 amide bonds. The van der Waals surface area contributed by atoms with Crippen molar-refractivity contribution in [1.82, 2.24) is 4.90 Å². The standard InChI is InChI=1S/C24H26N2O2/c1-2-3-18-26(19-20-10-6-4-7-11-20)24(27)25-21-14-16-23(17-15-21)28-22-12-8-5-9-13-22/h4-17H,2-3,18-19H2,1H3,(H,25,27). The second-order valence-corrected chi connectivity index (χ2v) is 6.63. The largest absolute Gasteiger partial charge is 0.457 e. The van der Waals surface area contributed by atoms with Gasteiger partial charge in [0.25, 0.3) is 0 Å². The van der Waals surface area contributed by atoms with E-state index in [0.29, 0.717) is 6.54 Å². The summed E-state index contributed by atoms with van der Waals surface area (Å²) in [5.41, 5.74) is 1.88. The Balaban J connectivity index is 1.62. The number of carbonyl (C=O) groups is 1. The molecule has 0 atom stereocenters. The van der Waals surface area contributed by atoms with E-state index < -0.39 is 0 Å². The Hall–Kier alpha value is -3.27. The Labute approximate surface area is 166 Å². The van der Waals surface area contributed by atoms with Gasteiger partial charge in [-0.25, -0.2) is 4.79 Å². The normalized spacial score (nSPS) is 10.3. The fourth-order valence-corrected chi connectivity index (χ4v) is 2.84. The van der Waals surface area contributed by atoms with Crippen LogP contribution in [0.3, 0.4) is 0 Å². The average Bonchev–Trinajstić information content (AvgIpc) is 2.74. The number of anilines is 1. The third-order valence-corrected chi connectivity index (χ3v) is 4.37. The zero-order valence-corrected chi connectivity index (χ0v) is 16.2. The molecule has 0 bridgehead atoms. The maximum atomic E-state index is 12.8. The first-order valence-corrected chi connectivity index (χ1v) is 9.67. The van der Waals surface area contributed by atoms with Crippen LogP contribution in [0.25, 0.3) is 0 Å². The van der Waals surface area contributed by atoms with Crippen LogP contribution in [0.4, 0.5) is 10.5 Å². The van der Waals surface area contributed by atoms with Gasteiger partial charge < -0.3 is 15.0 Å². The SMILES string of the molecule is CCCCN(Cc1ccccc1)C(=O)Nc1ccc(Oc2ccccc2)cc1. The van der Waals surface area contributed by atoms with Crippen molar-refractivity contribution in [2.24, 2.45) is 0 Å². The van der Waals surface area contributed by atoms with Crippen LogP contribution in [0.15, 0.2) is 84.9 Å². The summed E-state index contributed by atoms with van der Waals surface area (Å²) in [6.07, 6.45) is 2.02. The van der Waals surface area contributed by atoms with E-state index in [-0.39, 0.29) is 6.03 Å². The quantitative estimate of drug-likeness (QED) is 0.502. The van der Waals surface area contributed by atoms with E-state index in [9.17, 15) is 4.79 Å². The van der Waals surface area contributed by atoms with Gasteiger partial charge in [0.05, 0.1) is 0 Å². The van der Waals surface area contributed by atoms with Crippen LogP contribution in [-0.4, -0.2) is 17.5 Å². The van der Waals surface area contributed by atoms with Gasteiger partial charge >= 0.3 is 6.03 Å². The number of carbonyl (C=O) groups excluding carboxylic acids is 1. The van der Waals surface area contributed by atoms with Crippen molar-refractivity contribution in [3.63, 3.8) is 0 Å². The van der Waals surface area contributed by atoms with Crippen LogP contribution in [0.5, 0.6) is 11.5 Å². The van der Waals surface area contributed by atoms with Gasteiger partial charge in [0.1, 0.15) is 11.5 Å². The van der Waals surface area contributed by atoms with Gasteiger partial charge in [0.15, 0.2) is 0 Å². The average molecular weight is 374 g/mol. The van der Waals surface area contributed by atoms with E-state index in [4.69, 9.17) is 4.74 Å². The Morgan fingerprint density at radius 3 is 2.11 bits per heavy atom. The molecule has 0 aliphatic rings. The fourth-order valence-electron chi connectivity index (χ4n) is 2.84. The highest BCUT2D eigenvalue weighted by Gasteiger charge is 2.14. The van der Waals surface area contributed by atoms with Crippen molar-refractivity contribution in [3.05, 3.63) is 90.5 Å². The summed E-state index contributed by atoms with van der Waals surface area (Å²) in [5, 5.41) is 2.99. The van der Waals surface area contributed by atoms with Crippen LogP contribution >= 0.6 is 0 Å². The van der Waals surface area contributed by atoms with Crippen molar-refractivity contribution in [1.29, 1.82) is 0 Å². The molecule has 28 heavy (non-hydrogen) atoms. The highest BCUT2D eigenvalue weighted by molar-refractivity contribution is 5.89. The molecule has 0 aromatic heterocycles. The molecule has 0 aliphatic heterocycles. The summed E-state index contributed by atoms with van der Waals surface area (Å²) in [7, 11) is 0. The summed E-state index contributed by atoms with van der Waals surface area (Å²) in [6.45, 7) is 3.46. The van der Waals surface area contributed by atoms with E-state index in [2.05, 4.69) is 12.2 Å². The number of benzene rings is 3. The maximum Gasteiger partial charge on any atom is 0.322 e. The van der Waals surface area contributed by atoms with Gasteiger partial charge in [-0.15, -0.1) is 0 Å². The molecule has 0 aliphatic carbocycles. The maximum absolute atomic E-state index is 12.8. The van der Waals surface area contributed by atoms with E-state index in [1.807, 2.05) is 89.8 Å². The van der Waals surface area contributed by atoms with Gasteiger partial charge in [-0.05, 0) is 48.4 Å². The third kappa shape index (κ3) is 5.88. The lowest BCUT2D eigenvalue weighted by molar-refractivity contribution is 0.208. The number of nitrogens with one attached hydrogen (secondary N) is 1. The van der Waals surface area contributed by atoms with Crippen LogP contribution in [0, 0.1) is 0 Å². The minimum absolute atomic E-state index is 0.0889. The van der Waals surface area contributed by atoms with E-state index in [1.54, 1.807) is 0 Å². The predicted molar refractivity (Wildman–Crippen MR) is 114 cm³/mol. The molecule has 3 aromatic rings. The van der Waals surface area contributed by atoms with Crippen LogP contribution in [-0.2, 0) is 6.54 Å². The first-order chi connectivity index (χ1) is 13.7. The topological polar surface area (TPSA) is 41.6 Å². The number of urea groups is 1. The molecule has 3 rings (SSSR count). The molecule has 144 valence electrons. The van der Waals surface area contributed by atoms with Crippen molar-refractivity contribution < 1.29 is 9.53 Å². The Morgan fingerprint density at radius 2 is 1.46 bits per heavy atom. The number of para-hydroxylation sites is 1. The third-order valence-electron chi connectivity index (χ3n) is 4.37. The Kier molecular flexibility index (Phi) is 7.08. The minimum Gasteiger partial charge on any atom is -0.457 e. The highest BCUT2D eigenvalue weighted by atomic mass is 16.5. The van der Waals surface area contributed by atoms with Crippen LogP contribution in [0.1, 0.15) is 25.3 Å². The van der Waals surface area contributed by atoms with Crippen LogP contribution in [0.2, 0.25) is 0 Å². The number of rotatable bonds is 8. The second kappa shape index (κ2) is 10.2. The summed E-state index contributed by atoms with van der Waals surface area (Å²) in [6, 6.07) is 27.0. The summed E-state index contributed by atoms with van der Waals surface area (Å²) < 4.78 is 5.79. The number of amides is 2. The van der Waals surface area contributed by atoms with Gasteiger partial charge in [0, 0.05) is 18.8 Å². The van der Waals surface area contributed by atoms with Gasteiger partial charge in [0.2, 0.25) is 0 Å².